The summed E-state index contributed by atoms with van der Waals surface area (Å²) in [6.07, 6.45) is -0.487. The minimum atomic E-state index is -3.93. The molecule has 2 aliphatic rings. The van der Waals surface area contributed by atoms with Crippen LogP contribution in [-0.4, -0.2) is 74.0 Å². The minimum absolute atomic E-state index is 0.00508. The molecule has 0 unspecified atom stereocenters. The number of piperazine rings is 1. The molecule has 2 aromatic carbocycles. The van der Waals surface area contributed by atoms with E-state index >= 15 is 0 Å². The smallest absolute Gasteiger partial charge is 0.270 e. The van der Waals surface area contributed by atoms with E-state index in [1.165, 1.54) is 22.0 Å². The molecular weight excluding hydrogens is 444 g/mol. The third kappa shape index (κ3) is 5.35. The van der Waals surface area contributed by atoms with Gasteiger partial charge < -0.3 is 9.64 Å². The number of benzene rings is 2. The van der Waals surface area contributed by atoms with Crippen molar-refractivity contribution in [3.05, 3.63) is 64.2 Å². The van der Waals surface area contributed by atoms with Crippen molar-refractivity contribution in [3.63, 3.8) is 0 Å². The Balaban J connectivity index is 1.58. The van der Waals surface area contributed by atoms with Gasteiger partial charge in [-0.2, -0.15) is 4.31 Å². The molecule has 2 fully saturated rings. The molecule has 0 N–H and O–H groups in total. The van der Waals surface area contributed by atoms with Crippen LogP contribution in [0.3, 0.4) is 0 Å². The zero-order chi connectivity index (χ0) is 23.6. The molecule has 0 radical (unpaired) electrons. The molecule has 9 nitrogen and oxygen atoms in total. The summed E-state index contributed by atoms with van der Waals surface area (Å²) in [6.45, 7) is 7.78. The van der Waals surface area contributed by atoms with Crippen LogP contribution in [0.4, 0.5) is 11.4 Å². The van der Waals surface area contributed by atoms with Crippen LogP contribution >= 0.6 is 0 Å². The minimum Gasteiger partial charge on any atom is -0.373 e. The highest BCUT2D eigenvalue weighted by Gasteiger charge is 2.36. The van der Waals surface area contributed by atoms with Crippen molar-refractivity contribution in [2.24, 2.45) is 0 Å². The van der Waals surface area contributed by atoms with Gasteiger partial charge in [0.25, 0.3) is 5.69 Å². The van der Waals surface area contributed by atoms with E-state index in [1.54, 1.807) is 6.07 Å². The van der Waals surface area contributed by atoms with Crippen molar-refractivity contribution in [2.75, 3.05) is 44.2 Å². The quantitative estimate of drug-likeness (QED) is 0.469. The van der Waals surface area contributed by atoms with E-state index in [-0.39, 0.29) is 35.9 Å². The Morgan fingerprint density at radius 2 is 1.64 bits per heavy atom. The summed E-state index contributed by atoms with van der Waals surface area (Å²) >= 11 is 0. The Bertz CT molecular complexity index is 1080. The van der Waals surface area contributed by atoms with Crippen molar-refractivity contribution < 1.29 is 18.1 Å². The summed E-state index contributed by atoms with van der Waals surface area (Å²) in [4.78, 5) is 15.2. The summed E-state index contributed by atoms with van der Waals surface area (Å²) < 4.78 is 34.3. The fraction of sp³-hybridized carbons (Fsp3) is 0.478. The van der Waals surface area contributed by atoms with Gasteiger partial charge in [0, 0.05) is 57.9 Å². The largest absolute Gasteiger partial charge is 0.373 e. The van der Waals surface area contributed by atoms with Crippen LogP contribution in [-0.2, 0) is 21.3 Å². The average molecular weight is 475 g/mol. The third-order valence-corrected chi connectivity index (χ3v) is 7.98. The van der Waals surface area contributed by atoms with Gasteiger partial charge in [-0.3, -0.25) is 15.0 Å². The molecule has 0 bridgehead atoms. The first-order valence-electron chi connectivity index (χ1n) is 11.2. The molecule has 2 atom stereocenters. The van der Waals surface area contributed by atoms with Gasteiger partial charge in [-0.25, -0.2) is 8.42 Å². The van der Waals surface area contributed by atoms with Crippen LogP contribution in [0, 0.1) is 10.1 Å². The fourth-order valence-corrected chi connectivity index (χ4v) is 6.36. The lowest BCUT2D eigenvalue weighted by Crippen LogP contribution is -2.49. The maximum absolute atomic E-state index is 13.6. The van der Waals surface area contributed by atoms with E-state index in [4.69, 9.17) is 4.74 Å². The first-order chi connectivity index (χ1) is 15.7. The molecule has 2 aromatic rings. The van der Waals surface area contributed by atoms with Crippen molar-refractivity contribution in [1.82, 2.24) is 9.21 Å². The van der Waals surface area contributed by atoms with E-state index in [9.17, 15) is 18.5 Å². The zero-order valence-corrected chi connectivity index (χ0v) is 19.8. The number of non-ortho nitro benzene ring substituents is 1. The predicted octanol–water partition coefficient (Wildman–Crippen LogP) is 2.71. The Morgan fingerprint density at radius 1 is 1.00 bits per heavy atom. The van der Waals surface area contributed by atoms with E-state index < -0.39 is 14.9 Å². The third-order valence-electron chi connectivity index (χ3n) is 6.12. The van der Waals surface area contributed by atoms with E-state index in [2.05, 4.69) is 17.0 Å². The van der Waals surface area contributed by atoms with Crippen molar-refractivity contribution >= 4 is 21.4 Å². The average Bonchev–Trinajstić information content (AvgIpc) is 2.79. The van der Waals surface area contributed by atoms with Gasteiger partial charge >= 0.3 is 0 Å². The number of nitro benzene ring substituents is 1. The van der Waals surface area contributed by atoms with Gasteiger partial charge in [0.2, 0.25) is 10.0 Å². The van der Waals surface area contributed by atoms with E-state index in [0.29, 0.717) is 18.8 Å². The Morgan fingerprint density at radius 3 is 2.24 bits per heavy atom. The second kappa shape index (κ2) is 9.76. The number of morpholine rings is 1. The van der Waals surface area contributed by atoms with Crippen molar-refractivity contribution in [3.8, 4) is 0 Å². The van der Waals surface area contributed by atoms with Crippen LogP contribution in [0.1, 0.15) is 19.4 Å². The molecule has 2 saturated heterocycles. The monoisotopic (exact) mass is 474 g/mol. The molecular formula is C23H30N4O5S. The number of hydrogen-bond acceptors (Lipinski definition) is 7. The van der Waals surface area contributed by atoms with Crippen LogP contribution in [0.25, 0.3) is 0 Å². The number of anilines is 1. The number of sulfonamides is 1. The van der Waals surface area contributed by atoms with Crippen molar-refractivity contribution in [1.29, 1.82) is 0 Å². The van der Waals surface area contributed by atoms with E-state index in [0.717, 1.165) is 19.6 Å². The lowest BCUT2D eigenvalue weighted by Gasteiger charge is -2.38. The Hall–Kier alpha value is -2.53. The molecule has 0 amide bonds. The highest BCUT2D eigenvalue weighted by atomic mass is 32.2. The standard InChI is InChI=1S/C23H30N4O5S/c1-18-15-26(16-19(2)32-18)33(30,31)23-14-21(27(28)29)8-9-22(23)25-12-10-24(11-13-25)17-20-6-4-3-5-7-20/h3-9,14,18-19H,10-13,15-17H2,1-2H3/t18-,19-/m0/s1. The molecule has 0 spiro atoms. The highest BCUT2D eigenvalue weighted by Crippen LogP contribution is 2.33. The molecule has 4 rings (SSSR count). The molecule has 33 heavy (non-hydrogen) atoms. The topological polar surface area (TPSA) is 96.2 Å². The normalized spacial score (nSPS) is 22.9. The van der Waals surface area contributed by atoms with Crippen LogP contribution in [0.5, 0.6) is 0 Å². The molecule has 2 heterocycles. The Kier molecular flexibility index (Phi) is 6.99. The summed E-state index contributed by atoms with van der Waals surface area (Å²) in [5, 5.41) is 11.4. The maximum atomic E-state index is 13.6. The molecule has 0 saturated carbocycles. The second-order valence-corrected chi connectivity index (χ2v) is 10.6. The maximum Gasteiger partial charge on any atom is 0.270 e. The first kappa shape index (κ1) is 23.6. The summed E-state index contributed by atoms with van der Waals surface area (Å²) in [6, 6.07) is 14.4. The second-order valence-electron chi connectivity index (χ2n) is 8.74. The molecule has 0 aliphatic carbocycles. The Labute approximate surface area is 194 Å². The molecule has 0 aromatic heterocycles. The summed E-state index contributed by atoms with van der Waals surface area (Å²) in [7, 11) is -3.93. The predicted molar refractivity (Wildman–Crippen MR) is 126 cm³/mol. The molecule has 10 heteroatoms. The SMILES string of the molecule is C[C@H]1CN(S(=O)(=O)c2cc([N+](=O)[O-])ccc2N2CCN(Cc3ccccc3)CC2)C[C@H](C)O1. The van der Waals surface area contributed by atoms with Crippen LogP contribution < -0.4 is 4.90 Å². The van der Waals surface area contributed by atoms with Gasteiger partial charge in [-0.05, 0) is 25.5 Å². The number of ether oxygens (including phenoxy) is 1. The van der Waals surface area contributed by atoms with E-state index in [1.807, 2.05) is 36.9 Å². The van der Waals surface area contributed by atoms with Gasteiger partial charge in [0.05, 0.1) is 22.8 Å². The van der Waals surface area contributed by atoms with Gasteiger partial charge in [0.1, 0.15) is 4.90 Å². The lowest BCUT2D eigenvalue weighted by atomic mass is 10.2. The number of hydrogen-bond donors (Lipinski definition) is 0. The molecule has 2 aliphatic heterocycles. The van der Waals surface area contributed by atoms with Crippen LogP contribution in [0.2, 0.25) is 0 Å². The zero-order valence-electron chi connectivity index (χ0n) is 19.0. The van der Waals surface area contributed by atoms with Gasteiger partial charge in [-0.15, -0.1) is 0 Å². The summed E-state index contributed by atoms with van der Waals surface area (Å²) in [5.41, 5.74) is 1.53. The van der Waals surface area contributed by atoms with Crippen molar-refractivity contribution in [2.45, 2.75) is 37.5 Å². The fourth-order valence-electron chi connectivity index (χ4n) is 4.54. The van der Waals surface area contributed by atoms with Gasteiger partial charge in [0.15, 0.2) is 0 Å². The summed E-state index contributed by atoms with van der Waals surface area (Å²) in [5.74, 6) is 0. The number of nitro groups is 1. The number of nitrogens with zero attached hydrogens (tertiary/aromatic N) is 4. The molecule has 178 valence electrons. The number of rotatable bonds is 6. The first-order valence-corrected chi connectivity index (χ1v) is 12.6. The highest BCUT2D eigenvalue weighted by molar-refractivity contribution is 7.89. The lowest BCUT2D eigenvalue weighted by molar-refractivity contribution is -0.385. The van der Waals surface area contributed by atoms with Gasteiger partial charge in [-0.1, -0.05) is 30.3 Å². The van der Waals surface area contributed by atoms with Crippen LogP contribution in [0.15, 0.2) is 53.4 Å².